The Balaban J connectivity index is 2.05. The number of ether oxygens (including phenoxy) is 1. The first-order valence-corrected chi connectivity index (χ1v) is 9.32. The van der Waals surface area contributed by atoms with Crippen LogP contribution in [0.25, 0.3) is 0 Å². The fourth-order valence-corrected chi connectivity index (χ4v) is 2.72. The highest BCUT2D eigenvalue weighted by Gasteiger charge is 2.12. The van der Waals surface area contributed by atoms with Crippen molar-refractivity contribution in [2.24, 2.45) is 5.73 Å². The topological polar surface area (TPSA) is 98.5 Å². The molecule has 0 spiro atoms. The molecule has 6 nitrogen and oxygen atoms in total. The van der Waals surface area contributed by atoms with Crippen molar-refractivity contribution in [3.8, 4) is 11.5 Å². The first kappa shape index (κ1) is 17.8. The van der Waals surface area contributed by atoms with Gasteiger partial charge in [-0.1, -0.05) is 6.92 Å². The van der Waals surface area contributed by atoms with Crippen LogP contribution in [0.5, 0.6) is 11.5 Å². The third-order valence-electron chi connectivity index (χ3n) is 3.43. The smallest absolute Gasteiger partial charge is 0.239 e. The minimum Gasteiger partial charge on any atom is -0.457 e. The van der Waals surface area contributed by atoms with Gasteiger partial charge in [0.05, 0.1) is 4.90 Å². The average Bonchev–Trinajstić information content (AvgIpc) is 2.53. The second kappa shape index (κ2) is 7.35. The maximum absolute atomic E-state index is 11.4. The lowest BCUT2D eigenvalue weighted by molar-refractivity contribution is -0.118. The second-order valence-corrected chi connectivity index (χ2v) is 7.39. The predicted molar refractivity (Wildman–Crippen MR) is 93.0 cm³/mol. The quantitative estimate of drug-likeness (QED) is 0.801. The van der Waals surface area contributed by atoms with E-state index in [4.69, 9.17) is 10.5 Å². The molecule has 2 aromatic carbocycles. The third kappa shape index (κ3) is 4.73. The molecule has 1 amide bonds. The van der Waals surface area contributed by atoms with Gasteiger partial charge in [-0.25, -0.2) is 8.42 Å². The van der Waals surface area contributed by atoms with E-state index in [0.717, 1.165) is 11.9 Å². The summed E-state index contributed by atoms with van der Waals surface area (Å²) in [5, 5.41) is 3.05. The van der Waals surface area contributed by atoms with Crippen LogP contribution in [0.3, 0.4) is 0 Å². The first-order chi connectivity index (χ1) is 11.3. The number of anilines is 1. The van der Waals surface area contributed by atoms with Crippen molar-refractivity contribution in [3.05, 3.63) is 48.5 Å². The van der Waals surface area contributed by atoms with Crippen LogP contribution in [0.1, 0.15) is 13.3 Å². The summed E-state index contributed by atoms with van der Waals surface area (Å²) in [5.74, 6) is 0.732. The molecule has 0 aliphatic carbocycles. The molecule has 1 atom stereocenters. The molecule has 0 saturated carbocycles. The van der Waals surface area contributed by atoms with Gasteiger partial charge in [0.25, 0.3) is 0 Å². The van der Waals surface area contributed by atoms with Gasteiger partial charge in [-0.3, -0.25) is 4.79 Å². The molecule has 24 heavy (non-hydrogen) atoms. The monoisotopic (exact) mass is 348 g/mol. The lowest BCUT2D eigenvalue weighted by Crippen LogP contribution is -2.34. The Morgan fingerprint density at radius 2 is 1.58 bits per heavy atom. The van der Waals surface area contributed by atoms with Crippen LogP contribution in [-0.2, 0) is 14.6 Å². The SMILES string of the molecule is CC[C@@H](Nc1ccc(Oc2ccc(S(C)(=O)=O)cc2)cc1)C(N)=O. The van der Waals surface area contributed by atoms with Gasteiger partial charge in [-0.2, -0.15) is 0 Å². The molecule has 3 N–H and O–H groups in total. The van der Waals surface area contributed by atoms with Gasteiger partial charge in [-0.05, 0) is 55.0 Å². The summed E-state index contributed by atoms with van der Waals surface area (Å²) in [5.41, 5.74) is 6.07. The highest BCUT2D eigenvalue weighted by molar-refractivity contribution is 7.90. The lowest BCUT2D eigenvalue weighted by atomic mass is 10.2. The molecule has 0 radical (unpaired) electrons. The fraction of sp³-hybridized carbons (Fsp3) is 0.235. The Bertz CT molecular complexity index is 799. The number of hydrogen-bond donors (Lipinski definition) is 2. The number of primary amides is 1. The van der Waals surface area contributed by atoms with Crippen LogP contribution in [0.4, 0.5) is 5.69 Å². The predicted octanol–water partition coefficient (Wildman–Crippen LogP) is 2.56. The summed E-state index contributed by atoms with van der Waals surface area (Å²) >= 11 is 0. The van der Waals surface area contributed by atoms with Crippen molar-refractivity contribution < 1.29 is 17.9 Å². The van der Waals surface area contributed by atoms with Gasteiger partial charge >= 0.3 is 0 Å². The number of nitrogens with two attached hydrogens (primary N) is 1. The van der Waals surface area contributed by atoms with E-state index in [1.54, 1.807) is 36.4 Å². The zero-order chi connectivity index (χ0) is 17.7. The maximum atomic E-state index is 11.4. The van der Waals surface area contributed by atoms with Crippen molar-refractivity contribution >= 4 is 21.4 Å². The molecule has 7 heteroatoms. The van der Waals surface area contributed by atoms with Gasteiger partial charge < -0.3 is 15.8 Å². The minimum absolute atomic E-state index is 0.242. The van der Waals surface area contributed by atoms with E-state index >= 15 is 0 Å². The number of carbonyl (C=O) groups excluding carboxylic acids is 1. The van der Waals surface area contributed by atoms with Gasteiger partial charge in [0.2, 0.25) is 5.91 Å². The summed E-state index contributed by atoms with van der Waals surface area (Å²) in [7, 11) is -3.22. The Kier molecular flexibility index (Phi) is 5.46. The summed E-state index contributed by atoms with van der Waals surface area (Å²) in [6.45, 7) is 1.88. The van der Waals surface area contributed by atoms with Crippen LogP contribution in [0.2, 0.25) is 0 Å². The molecule has 0 aliphatic rings. The zero-order valence-electron chi connectivity index (χ0n) is 13.5. The Morgan fingerprint density at radius 3 is 2.00 bits per heavy atom. The van der Waals surface area contributed by atoms with E-state index in [1.165, 1.54) is 12.1 Å². The van der Waals surface area contributed by atoms with E-state index < -0.39 is 21.8 Å². The fourth-order valence-electron chi connectivity index (χ4n) is 2.09. The number of nitrogens with one attached hydrogen (secondary N) is 1. The molecule has 2 rings (SSSR count). The van der Waals surface area contributed by atoms with Crippen LogP contribution in [-0.4, -0.2) is 26.6 Å². The molecule has 0 saturated heterocycles. The maximum Gasteiger partial charge on any atom is 0.239 e. The Labute approximate surface area is 141 Å². The molecule has 128 valence electrons. The van der Waals surface area contributed by atoms with E-state index in [1.807, 2.05) is 6.92 Å². The molecule has 0 unspecified atom stereocenters. The molecule has 2 aromatic rings. The third-order valence-corrected chi connectivity index (χ3v) is 4.56. The van der Waals surface area contributed by atoms with Crippen LogP contribution in [0, 0.1) is 0 Å². The molecule has 0 aliphatic heterocycles. The van der Waals surface area contributed by atoms with Crippen molar-refractivity contribution in [1.29, 1.82) is 0 Å². The zero-order valence-corrected chi connectivity index (χ0v) is 14.3. The average molecular weight is 348 g/mol. The second-order valence-electron chi connectivity index (χ2n) is 5.38. The van der Waals surface area contributed by atoms with Crippen LogP contribution < -0.4 is 15.8 Å². The van der Waals surface area contributed by atoms with Crippen molar-refractivity contribution in [2.75, 3.05) is 11.6 Å². The molecular formula is C17H20N2O4S. The van der Waals surface area contributed by atoms with E-state index in [9.17, 15) is 13.2 Å². The number of amides is 1. The molecule has 0 heterocycles. The van der Waals surface area contributed by atoms with E-state index in [0.29, 0.717) is 17.9 Å². The standard InChI is InChI=1S/C17H20N2O4S/c1-3-16(17(18)20)19-12-4-6-13(7-5-12)23-14-8-10-15(11-9-14)24(2,21)22/h4-11,16,19H,3H2,1-2H3,(H2,18,20)/t16-/m1/s1. The number of sulfone groups is 1. The van der Waals surface area contributed by atoms with Gasteiger partial charge in [0.15, 0.2) is 9.84 Å². The van der Waals surface area contributed by atoms with Crippen molar-refractivity contribution in [3.63, 3.8) is 0 Å². The number of rotatable bonds is 7. The number of carbonyl (C=O) groups is 1. The first-order valence-electron chi connectivity index (χ1n) is 7.43. The van der Waals surface area contributed by atoms with E-state index in [2.05, 4.69) is 5.32 Å². The number of hydrogen-bond acceptors (Lipinski definition) is 5. The molecule has 0 fully saturated rings. The van der Waals surface area contributed by atoms with Crippen LogP contribution in [0.15, 0.2) is 53.4 Å². The van der Waals surface area contributed by atoms with Gasteiger partial charge in [-0.15, -0.1) is 0 Å². The lowest BCUT2D eigenvalue weighted by Gasteiger charge is -2.15. The van der Waals surface area contributed by atoms with E-state index in [-0.39, 0.29) is 4.90 Å². The highest BCUT2D eigenvalue weighted by atomic mass is 32.2. The van der Waals surface area contributed by atoms with Crippen LogP contribution >= 0.6 is 0 Å². The highest BCUT2D eigenvalue weighted by Crippen LogP contribution is 2.24. The van der Waals surface area contributed by atoms with Gasteiger partial charge in [0, 0.05) is 11.9 Å². The normalized spacial score (nSPS) is 12.4. The summed E-state index contributed by atoms with van der Waals surface area (Å²) in [4.78, 5) is 11.5. The largest absolute Gasteiger partial charge is 0.457 e. The van der Waals surface area contributed by atoms with Gasteiger partial charge in [0.1, 0.15) is 17.5 Å². The summed E-state index contributed by atoms with van der Waals surface area (Å²) in [6, 6.07) is 12.9. The minimum atomic E-state index is -3.22. The molecule has 0 bridgehead atoms. The van der Waals surface area contributed by atoms with Crippen molar-refractivity contribution in [2.45, 2.75) is 24.3 Å². The number of benzene rings is 2. The summed E-state index contributed by atoms with van der Waals surface area (Å²) < 4.78 is 28.5. The van der Waals surface area contributed by atoms with Crippen molar-refractivity contribution in [1.82, 2.24) is 0 Å². The Hall–Kier alpha value is -2.54. The molecular weight excluding hydrogens is 328 g/mol. The summed E-state index contributed by atoms with van der Waals surface area (Å²) in [6.07, 6.45) is 1.75. The molecule has 0 aromatic heterocycles. The Morgan fingerprint density at radius 1 is 1.08 bits per heavy atom.